The van der Waals surface area contributed by atoms with E-state index in [1.807, 2.05) is 0 Å². The van der Waals surface area contributed by atoms with Crippen molar-refractivity contribution in [2.24, 2.45) is 0 Å². The van der Waals surface area contributed by atoms with E-state index in [4.69, 9.17) is 5.73 Å². The molecule has 0 aromatic heterocycles. The van der Waals surface area contributed by atoms with Crippen molar-refractivity contribution < 1.29 is 13.2 Å². The Hall–Kier alpha value is -1.97. The largest absolute Gasteiger partial charge is 0.396 e. The maximum absolute atomic E-state index is 13.8. The fourth-order valence-electron chi connectivity index (χ4n) is 1.66. The molecule has 0 aliphatic carbocycles. The molecule has 88 valence electrons. The summed E-state index contributed by atoms with van der Waals surface area (Å²) in [6, 6.07) is 6.35. The number of benzene rings is 2. The minimum atomic E-state index is -0.759. The summed E-state index contributed by atoms with van der Waals surface area (Å²) in [6.07, 6.45) is 0. The number of nitrogens with two attached hydrogens (primary N) is 1. The van der Waals surface area contributed by atoms with Gasteiger partial charge < -0.3 is 5.73 Å². The molecule has 2 aromatic carbocycles. The van der Waals surface area contributed by atoms with E-state index in [0.29, 0.717) is 0 Å². The van der Waals surface area contributed by atoms with Crippen LogP contribution in [0.15, 0.2) is 30.3 Å². The van der Waals surface area contributed by atoms with Gasteiger partial charge in [0.1, 0.15) is 17.5 Å². The van der Waals surface area contributed by atoms with Crippen LogP contribution in [-0.4, -0.2) is 0 Å². The SMILES string of the molecule is Cc1ccc(F)c(-c2cccc(F)c2N)c1F. The van der Waals surface area contributed by atoms with Crippen molar-refractivity contribution in [2.75, 3.05) is 5.73 Å². The van der Waals surface area contributed by atoms with Crippen LogP contribution in [0.25, 0.3) is 11.1 Å². The van der Waals surface area contributed by atoms with Gasteiger partial charge in [0.2, 0.25) is 0 Å². The van der Waals surface area contributed by atoms with Crippen molar-refractivity contribution in [2.45, 2.75) is 6.92 Å². The van der Waals surface area contributed by atoms with E-state index < -0.39 is 17.5 Å². The highest BCUT2D eigenvalue weighted by Gasteiger charge is 2.17. The number of hydrogen-bond acceptors (Lipinski definition) is 1. The molecule has 0 atom stereocenters. The molecule has 0 aliphatic rings. The second-order valence-electron chi connectivity index (χ2n) is 3.75. The number of halogens is 3. The molecular formula is C13H10F3N. The smallest absolute Gasteiger partial charge is 0.146 e. The third-order valence-corrected chi connectivity index (χ3v) is 2.61. The van der Waals surface area contributed by atoms with Crippen LogP contribution in [0.2, 0.25) is 0 Å². The number of para-hydroxylation sites is 1. The molecule has 0 saturated carbocycles. The first-order valence-electron chi connectivity index (χ1n) is 5.01. The van der Waals surface area contributed by atoms with Gasteiger partial charge in [0.15, 0.2) is 0 Å². The lowest BCUT2D eigenvalue weighted by molar-refractivity contribution is 0.583. The van der Waals surface area contributed by atoms with Crippen molar-refractivity contribution >= 4 is 5.69 Å². The third-order valence-electron chi connectivity index (χ3n) is 2.61. The van der Waals surface area contributed by atoms with Gasteiger partial charge in [0, 0.05) is 5.56 Å². The first-order valence-corrected chi connectivity index (χ1v) is 5.01. The van der Waals surface area contributed by atoms with Gasteiger partial charge in [-0.05, 0) is 24.6 Å². The zero-order valence-electron chi connectivity index (χ0n) is 9.10. The number of anilines is 1. The van der Waals surface area contributed by atoms with Crippen LogP contribution in [0, 0.1) is 24.4 Å². The van der Waals surface area contributed by atoms with Crippen molar-refractivity contribution in [1.29, 1.82) is 0 Å². The summed E-state index contributed by atoms with van der Waals surface area (Å²) in [4.78, 5) is 0. The maximum Gasteiger partial charge on any atom is 0.146 e. The molecule has 0 aliphatic heterocycles. The zero-order valence-corrected chi connectivity index (χ0v) is 9.10. The monoisotopic (exact) mass is 237 g/mol. The number of rotatable bonds is 1. The van der Waals surface area contributed by atoms with Crippen molar-refractivity contribution in [1.82, 2.24) is 0 Å². The van der Waals surface area contributed by atoms with Crippen LogP contribution in [0.4, 0.5) is 18.9 Å². The highest BCUT2D eigenvalue weighted by atomic mass is 19.1. The van der Waals surface area contributed by atoms with Crippen molar-refractivity contribution in [3.63, 3.8) is 0 Å². The van der Waals surface area contributed by atoms with Crippen LogP contribution in [0.1, 0.15) is 5.56 Å². The molecular weight excluding hydrogens is 227 g/mol. The van der Waals surface area contributed by atoms with Gasteiger partial charge in [-0.25, -0.2) is 13.2 Å². The lowest BCUT2D eigenvalue weighted by atomic mass is 10.00. The molecule has 0 radical (unpaired) electrons. The molecule has 0 spiro atoms. The minimum Gasteiger partial charge on any atom is -0.396 e. The van der Waals surface area contributed by atoms with E-state index in [1.54, 1.807) is 0 Å². The van der Waals surface area contributed by atoms with Crippen LogP contribution < -0.4 is 5.73 Å². The van der Waals surface area contributed by atoms with Crippen molar-refractivity contribution in [3.8, 4) is 11.1 Å². The molecule has 2 rings (SSSR count). The standard InChI is InChI=1S/C13H10F3N/c1-7-5-6-9(14)11(12(7)16)8-3-2-4-10(15)13(8)17/h2-6H,17H2,1H3. The highest BCUT2D eigenvalue weighted by Crippen LogP contribution is 2.33. The van der Waals surface area contributed by atoms with Gasteiger partial charge in [-0.2, -0.15) is 0 Å². The second kappa shape index (κ2) is 4.13. The van der Waals surface area contributed by atoms with Crippen LogP contribution in [-0.2, 0) is 0 Å². The molecule has 17 heavy (non-hydrogen) atoms. The van der Waals surface area contributed by atoms with Gasteiger partial charge in [0.05, 0.1) is 11.3 Å². The Morgan fingerprint density at radius 1 is 0.941 bits per heavy atom. The lowest BCUT2D eigenvalue weighted by Gasteiger charge is -2.10. The summed E-state index contributed by atoms with van der Waals surface area (Å²) in [7, 11) is 0. The number of nitrogen functional groups attached to an aromatic ring is 1. The normalized spacial score (nSPS) is 10.6. The fraction of sp³-hybridized carbons (Fsp3) is 0.0769. The Balaban J connectivity index is 2.77. The molecule has 0 bridgehead atoms. The Morgan fingerprint density at radius 2 is 1.65 bits per heavy atom. The van der Waals surface area contributed by atoms with E-state index in [-0.39, 0.29) is 22.4 Å². The Kier molecular flexibility index (Phi) is 2.79. The average molecular weight is 237 g/mol. The molecule has 2 aromatic rings. The Morgan fingerprint density at radius 3 is 2.35 bits per heavy atom. The van der Waals surface area contributed by atoms with Crippen molar-refractivity contribution in [3.05, 3.63) is 53.3 Å². The molecule has 4 heteroatoms. The zero-order chi connectivity index (χ0) is 12.6. The highest BCUT2D eigenvalue weighted by molar-refractivity contribution is 5.77. The van der Waals surface area contributed by atoms with Crippen LogP contribution >= 0.6 is 0 Å². The second-order valence-corrected chi connectivity index (χ2v) is 3.75. The summed E-state index contributed by atoms with van der Waals surface area (Å²) < 4.78 is 40.7. The molecule has 0 heterocycles. The molecule has 1 nitrogen and oxygen atoms in total. The van der Waals surface area contributed by atoms with Crippen LogP contribution in [0.3, 0.4) is 0 Å². The summed E-state index contributed by atoms with van der Waals surface area (Å²) >= 11 is 0. The van der Waals surface area contributed by atoms with Gasteiger partial charge in [0.25, 0.3) is 0 Å². The van der Waals surface area contributed by atoms with E-state index >= 15 is 0 Å². The number of aryl methyl sites for hydroxylation is 1. The fourth-order valence-corrected chi connectivity index (χ4v) is 1.66. The predicted octanol–water partition coefficient (Wildman–Crippen LogP) is 3.66. The minimum absolute atomic E-state index is 0.0312. The number of hydrogen-bond donors (Lipinski definition) is 1. The van der Waals surface area contributed by atoms with Gasteiger partial charge in [-0.3, -0.25) is 0 Å². The van der Waals surface area contributed by atoms with E-state index in [9.17, 15) is 13.2 Å². The van der Waals surface area contributed by atoms with E-state index in [2.05, 4.69) is 0 Å². The molecule has 0 saturated heterocycles. The lowest BCUT2D eigenvalue weighted by Crippen LogP contribution is -1.99. The summed E-state index contributed by atoms with van der Waals surface area (Å²) in [6.45, 7) is 1.51. The molecule has 0 amide bonds. The molecule has 0 fully saturated rings. The maximum atomic E-state index is 13.8. The van der Waals surface area contributed by atoms with Gasteiger partial charge in [-0.1, -0.05) is 18.2 Å². The molecule has 0 unspecified atom stereocenters. The average Bonchev–Trinajstić information content (AvgIpc) is 2.30. The third kappa shape index (κ3) is 1.86. The quantitative estimate of drug-likeness (QED) is 0.752. The van der Waals surface area contributed by atoms with Gasteiger partial charge >= 0.3 is 0 Å². The Bertz CT molecular complexity index is 579. The first kappa shape index (κ1) is 11.5. The summed E-state index contributed by atoms with van der Waals surface area (Å²) in [5, 5.41) is 0. The van der Waals surface area contributed by atoms with E-state index in [0.717, 1.165) is 12.1 Å². The summed E-state index contributed by atoms with van der Waals surface area (Å²) in [5.41, 5.74) is 5.26. The van der Waals surface area contributed by atoms with Crippen LogP contribution in [0.5, 0.6) is 0 Å². The first-order chi connectivity index (χ1) is 8.02. The van der Waals surface area contributed by atoms with E-state index in [1.165, 1.54) is 25.1 Å². The summed E-state index contributed by atoms with van der Waals surface area (Å²) in [5.74, 6) is -2.17. The molecule has 2 N–H and O–H groups in total. The Labute approximate surface area is 96.7 Å². The topological polar surface area (TPSA) is 26.0 Å². The predicted molar refractivity (Wildman–Crippen MR) is 60.9 cm³/mol. The van der Waals surface area contributed by atoms with Gasteiger partial charge in [-0.15, -0.1) is 0 Å².